The predicted octanol–water partition coefficient (Wildman–Crippen LogP) is 2.90. The Labute approximate surface area is 114 Å². The Kier molecular flexibility index (Phi) is 3.80. The van der Waals surface area contributed by atoms with Gasteiger partial charge in [-0.3, -0.25) is 4.68 Å². The van der Waals surface area contributed by atoms with E-state index in [1.165, 1.54) is 11.3 Å². The van der Waals surface area contributed by atoms with E-state index in [0.29, 0.717) is 0 Å². The zero-order valence-electron chi connectivity index (χ0n) is 12.4. The van der Waals surface area contributed by atoms with Gasteiger partial charge in [-0.15, -0.1) is 0 Å². The van der Waals surface area contributed by atoms with E-state index in [2.05, 4.69) is 18.9 Å². The summed E-state index contributed by atoms with van der Waals surface area (Å²) in [6, 6.07) is 3.85. The van der Waals surface area contributed by atoms with Gasteiger partial charge in [-0.25, -0.2) is 0 Å². The third-order valence-corrected chi connectivity index (χ3v) is 3.64. The predicted molar refractivity (Wildman–Crippen MR) is 76.3 cm³/mol. The van der Waals surface area contributed by atoms with Crippen molar-refractivity contribution >= 4 is 0 Å². The smallest absolute Gasteiger partial charge is 0.130 e. The molecule has 2 atom stereocenters. The minimum atomic E-state index is -0.0618. The molecule has 2 aromatic heterocycles. The second-order valence-electron chi connectivity index (χ2n) is 5.20. The second-order valence-corrected chi connectivity index (χ2v) is 5.20. The molecule has 2 aromatic rings. The van der Waals surface area contributed by atoms with Crippen LogP contribution in [-0.2, 0) is 6.42 Å². The number of furan rings is 1. The molecule has 19 heavy (non-hydrogen) atoms. The summed E-state index contributed by atoms with van der Waals surface area (Å²) >= 11 is 0. The van der Waals surface area contributed by atoms with Crippen molar-refractivity contribution in [3.05, 3.63) is 40.6 Å². The number of rotatable bonds is 4. The summed E-state index contributed by atoms with van der Waals surface area (Å²) in [7, 11) is 0. The molecular weight excluding hydrogens is 238 g/mol. The third-order valence-electron chi connectivity index (χ3n) is 3.64. The summed E-state index contributed by atoms with van der Waals surface area (Å²) in [5.41, 5.74) is 9.71. The second kappa shape index (κ2) is 5.21. The SMILES string of the molecule is CCc1c(C)nn(C(c2ccc(C)o2)C(C)N)c1C. The lowest BCUT2D eigenvalue weighted by Crippen LogP contribution is -2.31. The van der Waals surface area contributed by atoms with Gasteiger partial charge in [-0.05, 0) is 51.8 Å². The van der Waals surface area contributed by atoms with Crippen molar-refractivity contribution in [2.24, 2.45) is 5.73 Å². The Bertz CT molecular complexity index is 566. The molecule has 2 heterocycles. The highest BCUT2D eigenvalue weighted by Crippen LogP contribution is 2.26. The summed E-state index contributed by atoms with van der Waals surface area (Å²) in [6.07, 6.45) is 0.987. The largest absolute Gasteiger partial charge is 0.464 e. The fourth-order valence-corrected chi connectivity index (χ4v) is 2.69. The fraction of sp³-hybridized carbons (Fsp3) is 0.533. The number of hydrogen-bond donors (Lipinski definition) is 1. The molecule has 0 aliphatic carbocycles. The van der Waals surface area contributed by atoms with Crippen molar-refractivity contribution in [1.29, 1.82) is 0 Å². The highest BCUT2D eigenvalue weighted by molar-refractivity contribution is 5.26. The molecule has 0 fully saturated rings. The summed E-state index contributed by atoms with van der Waals surface area (Å²) in [6.45, 7) is 10.2. The van der Waals surface area contributed by atoms with Crippen molar-refractivity contribution in [2.75, 3.05) is 0 Å². The van der Waals surface area contributed by atoms with Gasteiger partial charge in [0.05, 0.1) is 5.69 Å². The van der Waals surface area contributed by atoms with Gasteiger partial charge in [0.15, 0.2) is 0 Å². The van der Waals surface area contributed by atoms with Crippen LogP contribution in [0.2, 0.25) is 0 Å². The van der Waals surface area contributed by atoms with E-state index in [-0.39, 0.29) is 12.1 Å². The van der Waals surface area contributed by atoms with E-state index in [4.69, 9.17) is 10.2 Å². The number of nitrogens with zero attached hydrogens (tertiary/aromatic N) is 2. The first-order valence-corrected chi connectivity index (χ1v) is 6.82. The average molecular weight is 261 g/mol. The molecule has 0 radical (unpaired) electrons. The van der Waals surface area contributed by atoms with Crippen LogP contribution in [0.5, 0.6) is 0 Å². The van der Waals surface area contributed by atoms with Gasteiger partial charge in [0.2, 0.25) is 0 Å². The highest BCUT2D eigenvalue weighted by atomic mass is 16.3. The molecule has 0 bridgehead atoms. The van der Waals surface area contributed by atoms with Crippen molar-refractivity contribution in [2.45, 2.75) is 53.1 Å². The van der Waals surface area contributed by atoms with Crippen LogP contribution < -0.4 is 5.73 Å². The topological polar surface area (TPSA) is 57.0 Å². The average Bonchev–Trinajstić information content (AvgIpc) is 2.85. The van der Waals surface area contributed by atoms with Crippen LogP contribution in [0.1, 0.15) is 48.4 Å². The molecule has 2 rings (SSSR count). The normalized spacial score (nSPS) is 14.6. The first-order chi connectivity index (χ1) is 8.95. The van der Waals surface area contributed by atoms with Crippen LogP contribution in [0.3, 0.4) is 0 Å². The van der Waals surface area contributed by atoms with E-state index in [9.17, 15) is 0 Å². The zero-order chi connectivity index (χ0) is 14.2. The van der Waals surface area contributed by atoms with Crippen LogP contribution >= 0.6 is 0 Å². The van der Waals surface area contributed by atoms with Crippen molar-refractivity contribution in [3.63, 3.8) is 0 Å². The summed E-state index contributed by atoms with van der Waals surface area (Å²) < 4.78 is 7.77. The highest BCUT2D eigenvalue weighted by Gasteiger charge is 2.25. The van der Waals surface area contributed by atoms with Crippen LogP contribution in [0.4, 0.5) is 0 Å². The van der Waals surface area contributed by atoms with Crippen LogP contribution in [0.25, 0.3) is 0 Å². The lowest BCUT2D eigenvalue weighted by molar-refractivity contribution is 0.355. The monoisotopic (exact) mass is 261 g/mol. The Morgan fingerprint density at radius 2 is 2.00 bits per heavy atom. The maximum absolute atomic E-state index is 6.16. The van der Waals surface area contributed by atoms with Gasteiger partial charge >= 0.3 is 0 Å². The van der Waals surface area contributed by atoms with Gasteiger partial charge < -0.3 is 10.2 Å². The van der Waals surface area contributed by atoms with Gasteiger partial charge in [0.25, 0.3) is 0 Å². The molecule has 2 N–H and O–H groups in total. The number of aromatic nitrogens is 2. The van der Waals surface area contributed by atoms with Crippen molar-refractivity contribution in [3.8, 4) is 0 Å². The van der Waals surface area contributed by atoms with E-state index in [0.717, 1.165) is 23.6 Å². The molecule has 0 amide bonds. The minimum Gasteiger partial charge on any atom is -0.464 e. The van der Waals surface area contributed by atoms with Gasteiger partial charge in [-0.1, -0.05) is 6.92 Å². The first-order valence-electron chi connectivity index (χ1n) is 6.82. The summed E-state index contributed by atoms with van der Waals surface area (Å²) in [5, 5.41) is 4.66. The summed E-state index contributed by atoms with van der Waals surface area (Å²) in [5.74, 6) is 1.78. The summed E-state index contributed by atoms with van der Waals surface area (Å²) in [4.78, 5) is 0. The van der Waals surface area contributed by atoms with Gasteiger partial charge in [-0.2, -0.15) is 5.10 Å². The Balaban J connectivity index is 2.51. The standard InChI is InChI=1S/C15H23N3O/c1-6-13-11(4)17-18(12(13)5)15(10(3)16)14-8-7-9(2)19-14/h7-8,10,15H,6,16H2,1-5H3. The third kappa shape index (κ3) is 2.45. The van der Waals surface area contributed by atoms with E-state index < -0.39 is 0 Å². The lowest BCUT2D eigenvalue weighted by Gasteiger charge is -2.21. The van der Waals surface area contributed by atoms with Crippen LogP contribution in [0, 0.1) is 20.8 Å². The maximum atomic E-state index is 6.16. The molecule has 4 nitrogen and oxygen atoms in total. The van der Waals surface area contributed by atoms with Gasteiger partial charge in [0.1, 0.15) is 17.6 Å². The van der Waals surface area contributed by atoms with E-state index in [1.54, 1.807) is 0 Å². The molecular formula is C15H23N3O. The lowest BCUT2D eigenvalue weighted by atomic mass is 10.1. The molecule has 4 heteroatoms. The van der Waals surface area contributed by atoms with Crippen molar-refractivity contribution in [1.82, 2.24) is 9.78 Å². The minimum absolute atomic E-state index is 0.0484. The van der Waals surface area contributed by atoms with Crippen molar-refractivity contribution < 1.29 is 4.42 Å². The molecule has 0 aliphatic rings. The van der Waals surface area contributed by atoms with Gasteiger partial charge in [0, 0.05) is 11.7 Å². The molecule has 0 spiro atoms. The molecule has 104 valence electrons. The fourth-order valence-electron chi connectivity index (χ4n) is 2.69. The molecule has 0 aromatic carbocycles. The first kappa shape index (κ1) is 13.9. The number of aryl methyl sites for hydroxylation is 2. The maximum Gasteiger partial charge on any atom is 0.130 e. The number of nitrogens with two attached hydrogens (primary N) is 1. The molecule has 0 saturated heterocycles. The Morgan fingerprint density at radius 3 is 2.42 bits per heavy atom. The molecule has 0 aliphatic heterocycles. The number of hydrogen-bond acceptors (Lipinski definition) is 3. The van der Waals surface area contributed by atoms with Crippen LogP contribution in [0.15, 0.2) is 16.5 Å². The Morgan fingerprint density at radius 1 is 1.32 bits per heavy atom. The molecule has 0 saturated carbocycles. The Hall–Kier alpha value is -1.55. The quantitative estimate of drug-likeness (QED) is 0.920. The van der Waals surface area contributed by atoms with Crippen LogP contribution in [-0.4, -0.2) is 15.8 Å². The van der Waals surface area contributed by atoms with E-state index in [1.807, 2.05) is 37.6 Å². The molecule has 2 unspecified atom stereocenters. The van der Waals surface area contributed by atoms with E-state index >= 15 is 0 Å². The zero-order valence-corrected chi connectivity index (χ0v) is 12.4.